The number of thiophene rings is 1. The number of rotatable bonds is 3. The lowest BCUT2D eigenvalue weighted by Gasteiger charge is -2.32. The van der Waals surface area contributed by atoms with Gasteiger partial charge < -0.3 is 14.5 Å². The van der Waals surface area contributed by atoms with Gasteiger partial charge in [-0.1, -0.05) is 6.07 Å². The Morgan fingerprint density at radius 1 is 1.18 bits per heavy atom. The number of ether oxygens (including phenoxy) is 1. The van der Waals surface area contributed by atoms with Crippen molar-refractivity contribution in [3.63, 3.8) is 0 Å². The van der Waals surface area contributed by atoms with Gasteiger partial charge in [0.15, 0.2) is 0 Å². The van der Waals surface area contributed by atoms with E-state index in [2.05, 4.69) is 42.0 Å². The number of carbonyl (C=O) groups excluding carboxylic acids is 1. The smallest absolute Gasteiger partial charge is 0.264 e. The van der Waals surface area contributed by atoms with Crippen LogP contribution in [0.2, 0.25) is 0 Å². The molecule has 0 spiro atoms. The fourth-order valence-electron chi connectivity index (χ4n) is 3.86. The topological polar surface area (TPSA) is 36.0 Å². The Bertz CT molecular complexity index is 842. The van der Waals surface area contributed by atoms with Crippen LogP contribution in [0, 0.1) is 6.92 Å². The molecule has 1 fully saturated rings. The van der Waals surface area contributed by atoms with Gasteiger partial charge in [0, 0.05) is 43.2 Å². The Labute approximate surface area is 171 Å². The van der Waals surface area contributed by atoms with Crippen LogP contribution in [-0.2, 0) is 13.1 Å². The molecule has 0 N–H and O–H groups in total. The lowest BCUT2D eigenvalue weighted by molar-refractivity contribution is 0.0650. The maximum absolute atomic E-state index is 13.1. The molecule has 2 aliphatic heterocycles. The molecule has 1 amide bonds. The van der Waals surface area contributed by atoms with E-state index in [-0.39, 0.29) is 11.9 Å². The first-order chi connectivity index (χ1) is 13.5. The van der Waals surface area contributed by atoms with Crippen molar-refractivity contribution < 1.29 is 9.53 Å². The van der Waals surface area contributed by atoms with Gasteiger partial charge in [-0.25, -0.2) is 0 Å². The molecule has 0 radical (unpaired) electrons. The van der Waals surface area contributed by atoms with Crippen LogP contribution in [0.3, 0.4) is 0 Å². The average Bonchev–Trinajstić information content (AvgIpc) is 3.05. The zero-order valence-electron chi connectivity index (χ0n) is 17.0. The van der Waals surface area contributed by atoms with Crippen molar-refractivity contribution in [1.82, 2.24) is 14.7 Å². The van der Waals surface area contributed by atoms with Crippen LogP contribution in [0.1, 0.15) is 32.6 Å². The van der Waals surface area contributed by atoms with E-state index >= 15 is 0 Å². The first-order valence-electron chi connectivity index (χ1n) is 10.0. The monoisotopic (exact) mass is 399 g/mol. The maximum Gasteiger partial charge on any atom is 0.264 e. The average molecular weight is 400 g/mol. The molecular weight excluding hydrogens is 370 g/mol. The molecule has 1 atom stereocenters. The SMILES string of the molecule is Cc1ccc(C(=O)N2Cc3cc(CN4CCN(C)CC4)ccc3OC[C@@H]2C)s1. The standard InChI is InChI=1S/C22H29N3O2S/c1-16-15-27-20-6-5-18(13-24-10-8-23(3)9-11-24)12-19(20)14-25(16)22(26)21-7-4-17(2)28-21/h4-7,12,16H,8-11,13-15H2,1-3H3/t16-/m0/s1. The molecule has 0 saturated carbocycles. The van der Waals surface area contributed by atoms with E-state index in [0.717, 1.165) is 53.8 Å². The molecule has 4 rings (SSSR count). The number of benzene rings is 1. The van der Waals surface area contributed by atoms with E-state index in [1.54, 1.807) is 11.3 Å². The number of fused-ring (bicyclic) bond motifs is 1. The lowest BCUT2D eigenvalue weighted by atomic mass is 10.1. The summed E-state index contributed by atoms with van der Waals surface area (Å²) >= 11 is 1.56. The van der Waals surface area contributed by atoms with Crippen molar-refractivity contribution in [1.29, 1.82) is 0 Å². The second-order valence-electron chi connectivity index (χ2n) is 8.02. The zero-order valence-corrected chi connectivity index (χ0v) is 17.8. The van der Waals surface area contributed by atoms with Gasteiger partial charge in [-0.2, -0.15) is 0 Å². The fraction of sp³-hybridized carbons (Fsp3) is 0.500. The van der Waals surface area contributed by atoms with Gasteiger partial charge in [-0.15, -0.1) is 11.3 Å². The van der Waals surface area contributed by atoms with Gasteiger partial charge >= 0.3 is 0 Å². The molecular formula is C22H29N3O2S. The Hall–Kier alpha value is -1.89. The second kappa shape index (κ2) is 8.23. The van der Waals surface area contributed by atoms with E-state index in [1.165, 1.54) is 5.56 Å². The largest absolute Gasteiger partial charge is 0.491 e. The quantitative estimate of drug-likeness (QED) is 0.794. The number of likely N-dealkylation sites (N-methyl/N-ethyl adjacent to an activating group) is 1. The van der Waals surface area contributed by atoms with E-state index in [1.807, 2.05) is 24.0 Å². The fourth-order valence-corrected chi connectivity index (χ4v) is 4.69. The molecule has 5 nitrogen and oxygen atoms in total. The minimum Gasteiger partial charge on any atom is -0.491 e. The molecule has 28 heavy (non-hydrogen) atoms. The van der Waals surface area contributed by atoms with Crippen LogP contribution >= 0.6 is 11.3 Å². The first-order valence-corrected chi connectivity index (χ1v) is 10.8. The highest BCUT2D eigenvalue weighted by atomic mass is 32.1. The summed E-state index contributed by atoms with van der Waals surface area (Å²) in [6.07, 6.45) is 0. The van der Waals surface area contributed by atoms with Crippen molar-refractivity contribution in [3.8, 4) is 5.75 Å². The number of carbonyl (C=O) groups is 1. The minimum absolute atomic E-state index is 0.0448. The lowest BCUT2D eigenvalue weighted by Crippen LogP contribution is -2.43. The number of nitrogens with zero attached hydrogens (tertiary/aromatic N) is 3. The molecule has 2 aliphatic rings. The van der Waals surface area contributed by atoms with Gasteiger partial charge in [0.2, 0.25) is 0 Å². The molecule has 1 aromatic carbocycles. The van der Waals surface area contributed by atoms with Gasteiger partial charge in [-0.3, -0.25) is 9.69 Å². The van der Waals surface area contributed by atoms with E-state index in [4.69, 9.17) is 4.74 Å². The van der Waals surface area contributed by atoms with Crippen molar-refractivity contribution in [2.24, 2.45) is 0 Å². The van der Waals surface area contributed by atoms with Crippen molar-refractivity contribution in [3.05, 3.63) is 51.2 Å². The third-order valence-electron chi connectivity index (χ3n) is 5.69. The highest BCUT2D eigenvalue weighted by Crippen LogP contribution is 2.29. The summed E-state index contributed by atoms with van der Waals surface area (Å²) in [5.41, 5.74) is 2.40. The highest BCUT2D eigenvalue weighted by molar-refractivity contribution is 7.13. The number of hydrogen-bond acceptors (Lipinski definition) is 5. The molecule has 3 heterocycles. The number of aryl methyl sites for hydroxylation is 1. The summed E-state index contributed by atoms with van der Waals surface area (Å²) in [6.45, 7) is 10.6. The number of amides is 1. The van der Waals surface area contributed by atoms with Crippen LogP contribution in [0.15, 0.2) is 30.3 Å². The van der Waals surface area contributed by atoms with Crippen molar-refractivity contribution in [2.45, 2.75) is 33.0 Å². The van der Waals surface area contributed by atoms with Crippen LogP contribution in [0.4, 0.5) is 0 Å². The molecule has 1 aromatic heterocycles. The second-order valence-corrected chi connectivity index (χ2v) is 9.31. The first kappa shape index (κ1) is 19.4. The van der Waals surface area contributed by atoms with E-state index in [0.29, 0.717) is 13.2 Å². The van der Waals surface area contributed by atoms with Crippen LogP contribution in [0.25, 0.3) is 0 Å². The third kappa shape index (κ3) is 4.24. The Balaban J connectivity index is 1.52. The van der Waals surface area contributed by atoms with E-state index < -0.39 is 0 Å². The molecule has 2 aromatic rings. The minimum atomic E-state index is 0.0448. The van der Waals surface area contributed by atoms with Crippen LogP contribution < -0.4 is 4.74 Å². The molecule has 1 saturated heterocycles. The molecule has 0 bridgehead atoms. The molecule has 0 unspecified atom stereocenters. The predicted molar refractivity (Wildman–Crippen MR) is 113 cm³/mol. The Kier molecular flexibility index (Phi) is 5.71. The Morgan fingerprint density at radius 2 is 1.96 bits per heavy atom. The summed E-state index contributed by atoms with van der Waals surface area (Å²) < 4.78 is 6.03. The number of hydrogen-bond donors (Lipinski definition) is 0. The molecule has 6 heteroatoms. The van der Waals surface area contributed by atoms with E-state index in [9.17, 15) is 4.79 Å². The maximum atomic E-state index is 13.1. The summed E-state index contributed by atoms with van der Waals surface area (Å²) in [7, 11) is 2.18. The number of piperazine rings is 1. The third-order valence-corrected chi connectivity index (χ3v) is 6.68. The van der Waals surface area contributed by atoms with Crippen LogP contribution in [0.5, 0.6) is 5.75 Å². The van der Waals surface area contributed by atoms with Crippen molar-refractivity contribution >= 4 is 17.2 Å². The summed E-state index contributed by atoms with van der Waals surface area (Å²) in [5.74, 6) is 1.01. The highest BCUT2D eigenvalue weighted by Gasteiger charge is 2.27. The van der Waals surface area contributed by atoms with Gasteiger partial charge in [0.05, 0.1) is 17.5 Å². The zero-order chi connectivity index (χ0) is 19.7. The predicted octanol–water partition coefficient (Wildman–Crippen LogP) is 3.23. The van der Waals surface area contributed by atoms with Crippen LogP contribution in [-0.4, -0.2) is 66.5 Å². The summed E-state index contributed by atoms with van der Waals surface area (Å²) in [6, 6.07) is 10.5. The molecule has 0 aliphatic carbocycles. The van der Waals surface area contributed by atoms with Crippen molar-refractivity contribution in [2.75, 3.05) is 39.8 Å². The normalized spacial score (nSPS) is 21.1. The van der Waals surface area contributed by atoms with Gasteiger partial charge in [0.1, 0.15) is 12.4 Å². The van der Waals surface area contributed by atoms with Gasteiger partial charge in [-0.05, 0) is 50.7 Å². The summed E-state index contributed by atoms with van der Waals surface area (Å²) in [4.78, 5) is 21.9. The Morgan fingerprint density at radius 3 is 2.68 bits per heavy atom. The summed E-state index contributed by atoms with van der Waals surface area (Å²) in [5, 5.41) is 0. The molecule has 150 valence electrons. The van der Waals surface area contributed by atoms with Gasteiger partial charge in [0.25, 0.3) is 5.91 Å².